The third kappa shape index (κ3) is 7.81. The Morgan fingerprint density at radius 3 is 1.61 bits per heavy atom. The van der Waals surface area contributed by atoms with Gasteiger partial charge in [-0.05, 0) is 0 Å². The Balaban J connectivity index is 0.000000178. The van der Waals surface area contributed by atoms with Crippen molar-refractivity contribution in [3.05, 3.63) is 115 Å². The van der Waals surface area contributed by atoms with E-state index in [2.05, 4.69) is 55.5 Å². The number of benzene rings is 3. The average molecular weight is 375 g/mol. The van der Waals surface area contributed by atoms with E-state index >= 15 is 0 Å². The Hall–Kier alpha value is -1.85. The van der Waals surface area contributed by atoms with Crippen LogP contribution in [0.15, 0.2) is 97.1 Å². The fourth-order valence-electron chi connectivity index (χ4n) is 1.99. The van der Waals surface area contributed by atoms with Gasteiger partial charge in [-0.1, -0.05) is 13.0 Å². The number of hydrogen-bond donors (Lipinski definition) is 0. The second-order valence-corrected chi connectivity index (χ2v) is 4.82. The molecule has 0 unspecified atom stereocenters. The van der Waals surface area contributed by atoms with Gasteiger partial charge in [-0.25, -0.2) is 0 Å². The molecule has 0 saturated heterocycles. The van der Waals surface area contributed by atoms with E-state index in [4.69, 9.17) is 0 Å². The van der Waals surface area contributed by atoms with Crippen LogP contribution in [0.5, 0.6) is 0 Å². The monoisotopic (exact) mass is 373 g/mol. The molecule has 0 saturated carbocycles. The van der Waals surface area contributed by atoms with Crippen molar-refractivity contribution in [3.8, 4) is 0 Å². The molecule has 0 heterocycles. The minimum Gasteiger partial charge on any atom is -0.184 e. The van der Waals surface area contributed by atoms with Crippen molar-refractivity contribution < 1.29 is 26.2 Å². The van der Waals surface area contributed by atoms with Gasteiger partial charge in [0.25, 0.3) is 0 Å². The maximum absolute atomic E-state index is 2.89. The molecular formula is C22H19Zr. The Morgan fingerprint density at radius 2 is 1.22 bits per heavy atom. The summed E-state index contributed by atoms with van der Waals surface area (Å²) in [6, 6.07) is 37.8. The fraction of sp³-hybridized carbons (Fsp3) is 0.0455. The van der Waals surface area contributed by atoms with Crippen molar-refractivity contribution in [2.75, 3.05) is 0 Å². The van der Waals surface area contributed by atoms with Gasteiger partial charge in [0.2, 0.25) is 0 Å². The molecule has 1 radical (unpaired) electrons. The first-order valence-electron chi connectivity index (χ1n) is 7.30. The number of fused-ring (bicyclic) bond motifs is 1. The summed E-state index contributed by atoms with van der Waals surface area (Å²) in [7, 11) is 0. The van der Waals surface area contributed by atoms with E-state index < -0.39 is 0 Å². The zero-order valence-electron chi connectivity index (χ0n) is 13.2. The maximum atomic E-state index is 2.89. The molecule has 0 aliphatic heterocycles. The smallest absolute Gasteiger partial charge is 0.184 e. The summed E-state index contributed by atoms with van der Waals surface area (Å²) in [5, 5.41) is 2.69. The molecule has 0 nitrogen and oxygen atoms in total. The summed E-state index contributed by atoms with van der Waals surface area (Å²) in [5.74, 6) is 0. The van der Waals surface area contributed by atoms with E-state index in [0.29, 0.717) is 0 Å². The molecule has 0 aliphatic rings. The summed E-state index contributed by atoms with van der Waals surface area (Å²) in [6.07, 6.45) is 0. The molecule has 0 amide bonds. The summed E-state index contributed by atoms with van der Waals surface area (Å²) < 4.78 is 0. The van der Waals surface area contributed by atoms with Crippen molar-refractivity contribution in [1.29, 1.82) is 0 Å². The van der Waals surface area contributed by atoms with Crippen molar-refractivity contribution >= 4 is 10.8 Å². The molecule has 0 aromatic heterocycles. The van der Waals surface area contributed by atoms with E-state index in [1.807, 2.05) is 60.7 Å². The van der Waals surface area contributed by atoms with Gasteiger partial charge in [0.15, 0.2) is 0 Å². The Morgan fingerprint density at radius 1 is 0.696 bits per heavy atom. The molecule has 23 heavy (non-hydrogen) atoms. The fourth-order valence-corrected chi connectivity index (χ4v) is 1.99. The molecule has 111 valence electrons. The van der Waals surface area contributed by atoms with Crippen LogP contribution in [0.1, 0.15) is 5.56 Å². The summed E-state index contributed by atoms with van der Waals surface area (Å²) in [5.41, 5.74) is 1.35. The summed E-state index contributed by atoms with van der Waals surface area (Å²) in [6.45, 7) is 2.12. The molecule has 0 N–H and O–H groups in total. The van der Waals surface area contributed by atoms with Crippen LogP contribution in [0.2, 0.25) is 0 Å². The standard InChI is InChI=1S/C10H9.2C6H5.Zr/c1-8-6-9-4-2-3-5-10(9)7-8;2*1-2-4-6-5-3-1;/h2-7H,1H3;2*1-5H;/q3*-1;+3. The molecule has 4 aromatic rings. The van der Waals surface area contributed by atoms with Crippen LogP contribution in [0.25, 0.3) is 10.8 Å². The van der Waals surface area contributed by atoms with Gasteiger partial charge in [0.1, 0.15) is 0 Å². The van der Waals surface area contributed by atoms with Crippen LogP contribution >= 0.6 is 0 Å². The van der Waals surface area contributed by atoms with E-state index in [0.717, 1.165) is 0 Å². The third-order valence-corrected chi connectivity index (χ3v) is 2.98. The Kier molecular flexibility index (Phi) is 9.75. The van der Waals surface area contributed by atoms with Gasteiger partial charge < -0.3 is 0 Å². The normalized spacial score (nSPS) is 8.74. The average Bonchev–Trinajstić information content (AvgIpc) is 2.99. The molecule has 0 aliphatic carbocycles. The third-order valence-electron chi connectivity index (χ3n) is 2.98. The van der Waals surface area contributed by atoms with E-state index in [1.165, 1.54) is 16.3 Å². The maximum Gasteiger partial charge on any atom is 3.00 e. The number of hydrogen-bond acceptors (Lipinski definition) is 0. The molecule has 0 bridgehead atoms. The van der Waals surface area contributed by atoms with Crippen LogP contribution in [-0.2, 0) is 26.2 Å². The van der Waals surface area contributed by atoms with Gasteiger partial charge >= 0.3 is 26.2 Å². The molecular weight excluding hydrogens is 355 g/mol. The van der Waals surface area contributed by atoms with Crippen LogP contribution in [0, 0.1) is 19.1 Å². The van der Waals surface area contributed by atoms with Crippen LogP contribution in [0.3, 0.4) is 0 Å². The summed E-state index contributed by atoms with van der Waals surface area (Å²) in [4.78, 5) is 0. The molecule has 4 rings (SSSR count). The largest absolute Gasteiger partial charge is 3.00 e. The van der Waals surface area contributed by atoms with E-state index in [1.54, 1.807) is 0 Å². The van der Waals surface area contributed by atoms with E-state index in [-0.39, 0.29) is 26.2 Å². The second-order valence-electron chi connectivity index (χ2n) is 4.82. The molecule has 4 aromatic carbocycles. The second kappa shape index (κ2) is 11.7. The van der Waals surface area contributed by atoms with Crippen LogP contribution < -0.4 is 0 Å². The predicted octanol–water partition coefficient (Wildman–Crippen LogP) is 5.84. The molecule has 0 spiro atoms. The number of aryl methyl sites for hydroxylation is 1. The van der Waals surface area contributed by atoms with Crippen molar-refractivity contribution in [1.82, 2.24) is 0 Å². The zero-order chi connectivity index (χ0) is 15.5. The molecule has 0 atom stereocenters. The zero-order valence-corrected chi connectivity index (χ0v) is 15.7. The Bertz CT molecular complexity index is 624. The van der Waals surface area contributed by atoms with Gasteiger partial charge in [-0.2, -0.15) is 78.9 Å². The first-order valence-corrected chi connectivity index (χ1v) is 7.30. The van der Waals surface area contributed by atoms with Gasteiger partial charge in [0.05, 0.1) is 0 Å². The predicted molar refractivity (Wildman–Crippen MR) is 94.8 cm³/mol. The SMILES string of the molecule is Cc1cc2ccccc2[cH-]1.[Zr+3].[c-]1ccccc1.[c-]1ccccc1. The van der Waals surface area contributed by atoms with Gasteiger partial charge in [-0.15, -0.1) is 40.6 Å². The van der Waals surface area contributed by atoms with Crippen LogP contribution in [0.4, 0.5) is 0 Å². The van der Waals surface area contributed by atoms with Crippen LogP contribution in [-0.4, -0.2) is 0 Å². The minimum atomic E-state index is 0. The summed E-state index contributed by atoms with van der Waals surface area (Å²) >= 11 is 0. The quantitative estimate of drug-likeness (QED) is 0.339. The first kappa shape index (κ1) is 19.2. The first-order chi connectivity index (χ1) is 10.9. The van der Waals surface area contributed by atoms with Gasteiger partial charge in [0, 0.05) is 0 Å². The van der Waals surface area contributed by atoms with Crippen molar-refractivity contribution in [2.45, 2.75) is 6.92 Å². The topological polar surface area (TPSA) is 0 Å². The van der Waals surface area contributed by atoms with Crippen molar-refractivity contribution in [2.24, 2.45) is 0 Å². The van der Waals surface area contributed by atoms with Gasteiger partial charge in [-0.3, -0.25) is 0 Å². The Labute approximate surface area is 158 Å². The van der Waals surface area contributed by atoms with E-state index in [9.17, 15) is 0 Å². The molecule has 1 heteroatoms. The molecule has 0 fully saturated rings. The number of rotatable bonds is 0. The minimum absolute atomic E-state index is 0. The van der Waals surface area contributed by atoms with Crippen molar-refractivity contribution in [3.63, 3.8) is 0 Å².